The van der Waals surface area contributed by atoms with Crippen LogP contribution in [0.2, 0.25) is 0 Å². The van der Waals surface area contributed by atoms with Gasteiger partial charge in [-0.3, -0.25) is 15.6 Å². The van der Waals surface area contributed by atoms with Crippen molar-refractivity contribution in [1.29, 1.82) is 0 Å². The maximum Gasteiger partial charge on any atom is 0.238 e. The first-order valence-electron chi connectivity index (χ1n) is 7.20. The van der Waals surface area contributed by atoms with Crippen molar-refractivity contribution in [3.8, 4) is 0 Å². The number of carbonyl (C=O) groups is 1. The van der Waals surface area contributed by atoms with Crippen LogP contribution in [0.1, 0.15) is 52.9 Å². The fourth-order valence-corrected chi connectivity index (χ4v) is 3.77. The summed E-state index contributed by atoms with van der Waals surface area (Å²) in [5.74, 6) is 2.31. The molecule has 19 heavy (non-hydrogen) atoms. The van der Waals surface area contributed by atoms with Crippen LogP contribution in [-0.4, -0.2) is 16.6 Å². The number of hydrogen-bond acceptors (Lipinski definition) is 2. The van der Waals surface area contributed by atoms with Crippen LogP contribution in [0, 0.1) is 17.8 Å². The van der Waals surface area contributed by atoms with Gasteiger partial charge >= 0.3 is 0 Å². The number of nitrogens with one attached hydrogen (secondary N) is 3. The minimum Gasteiger partial charge on any atom is -0.357 e. The first kappa shape index (κ1) is 14.6. The van der Waals surface area contributed by atoms with Gasteiger partial charge in [0.05, 0.1) is 0 Å². The maximum absolute atomic E-state index is 11.9. The van der Waals surface area contributed by atoms with Gasteiger partial charge in [0.1, 0.15) is 0 Å². The Morgan fingerprint density at radius 3 is 2.47 bits per heavy atom. The molecule has 0 unspecified atom stereocenters. The van der Waals surface area contributed by atoms with E-state index in [-0.39, 0.29) is 11.4 Å². The molecule has 2 aliphatic carbocycles. The second kappa shape index (κ2) is 5.65. The molecule has 3 atom stereocenters. The van der Waals surface area contributed by atoms with Gasteiger partial charge < -0.3 is 5.32 Å². The molecule has 0 saturated heterocycles. The lowest BCUT2D eigenvalue weighted by Gasteiger charge is -2.24. The molecule has 0 heterocycles. The highest BCUT2D eigenvalue weighted by molar-refractivity contribution is 7.80. The van der Waals surface area contributed by atoms with Gasteiger partial charge in [-0.1, -0.05) is 6.42 Å². The van der Waals surface area contributed by atoms with Crippen molar-refractivity contribution in [2.75, 3.05) is 0 Å². The molecule has 4 nitrogen and oxygen atoms in total. The standard InChI is InChI=1S/C14H25N3OS/c1-14(2,3)15-13(19)17-16-12(18)8-11-7-9-4-5-10(11)6-9/h9-11H,4-8H2,1-3H3,(H,16,18)(H2,15,17,19)/t9-,10+,11-/m1/s1. The van der Waals surface area contributed by atoms with Crippen LogP contribution in [0.25, 0.3) is 0 Å². The molecule has 0 aliphatic heterocycles. The Morgan fingerprint density at radius 2 is 1.95 bits per heavy atom. The van der Waals surface area contributed by atoms with E-state index in [4.69, 9.17) is 12.2 Å². The van der Waals surface area contributed by atoms with Gasteiger partial charge in [-0.15, -0.1) is 0 Å². The summed E-state index contributed by atoms with van der Waals surface area (Å²) in [5, 5.41) is 3.57. The average Bonchev–Trinajstić information content (AvgIpc) is 2.85. The number of amides is 1. The van der Waals surface area contributed by atoms with E-state index in [2.05, 4.69) is 16.2 Å². The highest BCUT2D eigenvalue weighted by Crippen LogP contribution is 2.49. The van der Waals surface area contributed by atoms with Gasteiger partial charge in [-0.25, -0.2) is 0 Å². The van der Waals surface area contributed by atoms with Crippen LogP contribution in [0.4, 0.5) is 0 Å². The minimum atomic E-state index is -0.0978. The zero-order valence-corrected chi connectivity index (χ0v) is 12.9. The molecule has 2 aliphatic rings. The van der Waals surface area contributed by atoms with Crippen molar-refractivity contribution in [1.82, 2.24) is 16.2 Å². The lowest BCUT2D eigenvalue weighted by Crippen LogP contribution is -2.52. The highest BCUT2D eigenvalue weighted by Gasteiger charge is 2.40. The smallest absolute Gasteiger partial charge is 0.238 e. The molecular weight excluding hydrogens is 258 g/mol. The average molecular weight is 283 g/mol. The highest BCUT2D eigenvalue weighted by atomic mass is 32.1. The van der Waals surface area contributed by atoms with Gasteiger partial charge in [-0.2, -0.15) is 0 Å². The predicted molar refractivity (Wildman–Crippen MR) is 80.3 cm³/mol. The van der Waals surface area contributed by atoms with Gasteiger partial charge in [0.25, 0.3) is 0 Å². The number of thiocarbonyl (C=S) groups is 1. The SMILES string of the molecule is CC(C)(C)NC(=S)NNC(=O)C[C@H]1C[C@@H]2CC[C@H]1C2. The Morgan fingerprint density at radius 1 is 1.21 bits per heavy atom. The molecule has 2 saturated carbocycles. The number of hydrogen-bond donors (Lipinski definition) is 3. The van der Waals surface area contributed by atoms with E-state index < -0.39 is 0 Å². The van der Waals surface area contributed by atoms with Crippen molar-refractivity contribution in [3.05, 3.63) is 0 Å². The van der Waals surface area contributed by atoms with E-state index in [0.717, 1.165) is 11.8 Å². The van der Waals surface area contributed by atoms with Crippen LogP contribution in [0.3, 0.4) is 0 Å². The fourth-order valence-electron chi connectivity index (χ4n) is 3.41. The van der Waals surface area contributed by atoms with Gasteiger partial charge in [0.15, 0.2) is 5.11 Å². The van der Waals surface area contributed by atoms with E-state index >= 15 is 0 Å². The number of carbonyl (C=O) groups excluding carboxylic acids is 1. The largest absolute Gasteiger partial charge is 0.357 e. The van der Waals surface area contributed by atoms with Crippen molar-refractivity contribution in [2.45, 2.75) is 58.4 Å². The lowest BCUT2D eigenvalue weighted by atomic mass is 9.86. The molecule has 0 radical (unpaired) electrons. The quantitative estimate of drug-likeness (QED) is 0.537. The Labute approximate surface area is 121 Å². The third kappa shape index (κ3) is 4.34. The third-order valence-electron chi connectivity index (χ3n) is 4.14. The summed E-state index contributed by atoms with van der Waals surface area (Å²) in [6, 6.07) is 0. The second-order valence-corrected chi connectivity index (χ2v) is 7.42. The lowest BCUT2D eigenvalue weighted by molar-refractivity contribution is -0.123. The molecule has 2 rings (SSSR count). The molecule has 0 spiro atoms. The topological polar surface area (TPSA) is 53.2 Å². The summed E-state index contributed by atoms with van der Waals surface area (Å²) in [4.78, 5) is 11.9. The zero-order valence-electron chi connectivity index (χ0n) is 12.1. The summed E-state index contributed by atoms with van der Waals surface area (Å²) in [7, 11) is 0. The van der Waals surface area contributed by atoms with Crippen LogP contribution >= 0.6 is 12.2 Å². The van der Waals surface area contributed by atoms with Crippen molar-refractivity contribution in [3.63, 3.8) is 0 Å². The van der Waals surface area contributed by atoms with E-state index in [0.29, 0.717) is 17.5 Å². The summed E-state index contributed by atoms with van der Waals surface area (Å²) in [6.45, 7) is 6.08. The van der Waals surface area contributed by atoms with Crippen molar-refractivity contribution >= 4 is 23.2 Å². The van der Waals surface area contributed by atoms with Crippen LogP contribution in [0.15, 0.2) is 0 Å². The molecule has 108 valence electrons. The molecule has 0 aromatic carbocycles. The molecule has 1 amide bonds. The summed E-state index contributed by atoms with van der Waals surface area (Å²) >= 11 is 5.12. The molecule has 0 aromatic rings. The third-order valence-corrected chi connectivity index (χ3v) is 4.34. The fraction of sp³-hybridized carbons (Fsp3) is 0.857. The zero-order chi connectivity index (χ0) is 14.0. The summed E-state index contributed by atoms with van der Waals surface area (Å²) < 4.78 is 0. The van der Waals surface area contributed by atoms with Crippen LogP contribution < -0.4 is 16.2 Å². The molecule has 0 aromatic heterocycles. The first-order valence-corrected chi connectivity index (χ1v) is 7.61. The van der Waals surface area contributed by atoms with E-state index in [1.165, 1.54) is 25.7 Å². The minimum absolute atomic E-state index is 0.0515. The molecule has 2 fully saturated rings. The monoisotopic (exact) mass is 283 g/mol. The molecule has 3 N–H and O–H groups in total. The van der Waals surface area contributed by atoms with Gasteiger partial charge in [0.2, 0.25) is 5.91 Å². The molecular formula is C14H25N3OS. The molecule has 5 heteroatoms. The summed E-state index contributed by atoms with van der Waals surface area (Å²) in [6.07, 6.45) is 5.91. The van der Waals surface area contributed by atoms with E-state index in [9.17, 15) is 4.79 Å². The Kier molecular flexibility index (Phi) is 4.33. The first-order chi connectivity index (χ1) is 8.83. The normalized spacial score (nSPS) is 29.1. The van der Waals surface area contributed by atoms with Crippen molar-refractivity contribution < 1.29 is 4.79 Å². The predicted octanol–water partition coefficient (Wildman–Crippen LogP) is 2.11. The molecule has 2 bridgehead atoms. The van der Waals surface area contributed by atoms with E-state index in [1.807, 2.05) is 20.8 Å². The number of fused-ring (bicyclic) bond motifs is 2. The van der Waals surface area contributed by atoms with Crippen LogP contribution in [-0.2, 0) is 4.79 Å². The Hall–Kier alpha value is -0.840. The Bertz CT molecular complexity index is 364. The second-order valence-electron chi connectivity index (χ2n) is 7.02. The Balaban J connectivity index is 1.66. The van der Waals surface area contributed by atoms with E-state index in [1.54, 1.807) is 0 Å². The number of hydrazine groups is 1. The van der Waals surface area contributed by atoms with Crippen LogP contribution in [0.5, 0.6) is 0 Å². The maximum atomic E-state index is 11.9. The number of rotatable bonds is 2. The van der Waals surface area contributed by atoms with Crippen molar-refractivity contribution in [2.24, 2.45) is 17.8 Å². The van der Waals surface area contributed by atoms with Gasteiger partial charge in [0, 0.05) is 12.0 Å². The van der Waals surface area contributed by atoms with Gasteiger partial charge in [-0.05, 0) is 70.0 Å². The summed E-state index contributed by atoms with van der Waals surface area (Å²) in [5.41, 5.74) is 5.38.